The number of hydrogen-bond donors (Lipinski definition) is 2. The van der Waals surface area contributed by atoms with E-state index in [0.717, 1.165) is 44.6 Å². The van der Waals surface area contributed by atoms with Gasteiger partial charge in [-0.05, 0) is 81.0 Å². The molecule has 0 saturated carbocycles. The molecule has 1 atom stereocenters. The Morgan fingerprint density at radius 2 is 1.79 bits per heavy atom. The van der Waals surface area contributed by atoms with Crippen molar-refractivity contribution in [2.75, 3.05) is 36.0 Å². The van der Waals surface area contributed by atoms with Gasteiger partial charge >= 0.3 is 6.03 Å². The molecular weight excluding hydrogens is 432 g/mol. The van der Waals surface area contributed by atoms with E-state index in [-0.39, 0.29) is 11.5 Å². The van der Waals surface area contributed by atoms with Crippen LogP contribution in [-0.4, -0.2) is 49.8 Å². The van der Waals surface area contributed by atoms with Crippen molar-refractivity contribution in [1.29, 1.82) is 0 Å². The number of anilines is 2. The summed E-state index contributed by atoms with van der Waals surface area (Å²) in [7, 11) is 0. The van der Waals surface area contributed by atoms with Crippen LogP contribution >= 0.6 is 0 Å². The highest BCUT2D eigenvalue weighted by molar-refractivity contribution is 6.00. The number of urea groups is 1. The van der Waals surface area contributed by atoms with E-state index in [1.54, 1.807) is 23.1 Å². The molecule has 8 nitrogen and oxygen atoms in total. The summed E-state index contributed by atoms with van der Waals surface area (Å²) >= 11 is 0. The summed E-state index contributed by atoms with van der Waals surface area (Å²) in [5.74, 6) is -0.0823. The SMILES string of the molecule is O=C(NC1=CC=COC=C1)N[C@@H]1CCCN(c2ccc(N3CCC4(CCCO4)CC3)cc2)C1=O. The van der Waals surface area contributed by atoms with E-state index in [1.807, 2.05) is 12.1 Å². The van der Waals surface area contributed by atoms with Gasteiger partial charge in [-0.25, -0.2) is 4.79 Å². The normalized spacial score (nSPS) is 23.9. The number of nitrogens with zero attached hydrogens (tertiary/aromatic N) is 2. The largest absolute Gasteiger partial charge is 0.473 e. The smallest absolute Gasteiger partial charge is 0.319 e. The number of carbonyl (C=O) groups excluding carboxylic acids is 2. The monoisotopic (exact) mass is 464 g/mol. The first kappa shape index (κ1) is 22.5. The highest BCUT2D eigenvalue weighted by Crippen LogP contribution is 2.37. The predicted octanol–water partition coefficient (Wildman–Crippen LogP) is 3.57. The van der Waals surface area contributed by atoms with Crippen LogP contribution in [0.1, 0.15) is 38.5 Å². The zero-order valence-electron chi connectivity index (χ0n) is 19.4. The molecular formula is C26H32N4O4. The molecule has 0 radical (unpaired) electrons. The Kier molecular flexibility index (Phi) is 6.58. The topological polar surface area (TPSA) is 83.1 Å². The number of hydrogen-bond acceptors (Lipinski definition) is 5. The van der Waals surface area contributed by atoms with Gasteiger partial charge < -0.3 is 29.9 Å². The number of allylic oxidation sites excluding steroid dienone is 3. The molecule has 4 aliphatic rings. The van der Waals surface area contributed by atoms with Gasteiger partial charge in [0.2, 0.25) is 5.91 Å². The van der Waals surface area contributed by atoms with Crippen molar-refractivity contribution >= 4 is 23.3 Å². The zero-order chi connectivity index (χ0) is 23.4. The lowest BCUT2D eigenvalue weighted by Crippen LogP contribution is -2.54. The third kappa shape index (κ3) is 4.97. The van der Waals surface area contributed by atoms with Crippen LogP contribution in [0.5, 0.6) is 0 Å². The molecule has 3 amide bonds. The number of piperidine rings is 2. The number of nitrogens with one attached hydrogen (secondary N) is 2. The summed E-state index contributed by atoms with van der Waals surface area (Å²) in [6.07, 6.45) is 14.0. The molecule has 3 fully saturated rings. The van der Waals surface area contributed by atoms with Crippen molar-refractivity contribution in [3.05, 3.63) is 60.7 Å². The summed E-state index contributed by atoms with van der Waals surface area (Å²) < 4.78 is 11.1. The van der Waals surface area contributed by atoms with Crippen LogP contribution in [0.4, 0.5) is 16.2 Å². The first-order valence-electron chi connectivity index (χ1n) is 12.2. The van der Waals surface area contributed by atoms with Crippen molar-refractivity contribution < 1.29 is 19.1 Å². The fourth-order valence-electron chi connectivity index (χ4n) is 5.24. The summed E-state index contributed by atoms with van der Waals surface area (Å²) in [4.78, 5) is 29.8. The lowest BCUT2D eigenvalue weighted by Gasteiger charge is -2.40. The van der Waals surface area contributed by atoms with Gasteiger partial charge in [-0.3, -0.25) is 4.79 Å². The Morgan fingerprint density at radius 1 is 1.00 bits per heavy atom. The maximum Gasteiger partial charge on any atom is 0.319 e. The number of rotatable bonds is 4. The van der Waals surface area contributed by atoms with Gasteiger partial charge in [0, 0.05) is 43.3 Å². The summed E-state index contributed by atoms with van der Waals surface area (Å²) in [6, 6.07) is 7.26. The molecule has 180 valence electrons. The fraction of sp³-hybridized carbons (Fsp3) is 0.462. The van der Waals surface area contributed by atoms with Crippen LogP contribution in [0.25, 0.3) is 0 Å². The molecule has 0 aromatic heterocycles. The molecule has 8 heteroatoms. The number of amides is 3. The minimum Gasteiger partial charge on any atom is -0.473 e. The van der Waals surface area contributed by atoms with Crippen molar-refractivity contribution in [1.82, 2.24) is 10.6 Å². The molecule has 4 heterocycles. The van der Waals surface area contributed by atoms with Crippen molar-refractivity contribution in [2.45, 2.75) is 50.2 Å². The molecule has 1 spiro atoms. The highest BCUT2D eigenvalue weighted by atomic mass is 16.5. The van der Waals surface area contributed by atoms with Crippen LogP contribution in [0, 0.1) is 0 Å². The first-order valence-corrected chi connectivity index (χ1v) is 12.2. The average Bonchev–Trinajstić information content (AvgIpc) is 3.15. The maximum absolute atomic E-state index is 13.1. The van der Waals surface area contributed by atoms with Crippen LogP contribution in [0.3, 0.4) is 0 Å². The second-order valence-electron chi connectivity index (χ2n) is 9.31. The molecule has 0 unspecified atom stereocenters. The second kappa shape index (κ2) is 9.93. The third-order valence-electron chi connectivity index (χ3n) is 7.15. The van der Waals surface area contributed by atoms with Gasteiger partial charge in [0.15, 0.2) is 0 Å². The maximum atomic E-state index is 13.1. The molecule has 0 aliphatic carbocycles. The van der Waals surface area contributed by atoms with Crippen LogP contribution in [0.15, 0.2) is 60.7 Å². The van der Waals surface area contributed by atoms with E-state index < -0.39 is 12.1 Å². The van der Waals surface area contributed by atoms with E-state index in [4.69, 9.17) is 9.47 Å². The quantitative estimate of drug-likeness (QED) is 0.712. The van der Waals surface area contributed by atoms with Gasteiger partial charge in [-0.1, -0.05) is 0 Å². The summed E-state index contributed by atoms with van der Waals surface area (Å²) in [6.45, 7) is 3.54. The zero-order valence-corrected chi connectivity index (χ0v) is 19.4. The number of ether oxygens (including phenoxy) is 2. The Bertz CT molecular complexity index is 985. The van der Waals surface area contributed by atoms with E-state index in [1.165, 1.54) is 31.1 Å². The predicted molar refractivity (Wildman–Crippen MR) is 130 cm³/mol. The number of benzene rings is 1. The molecule has 4 aliphatic heterocycles. The van der Waals surface area contributed by atoms with Gasteiger partial charge in [-0.15, -0.1) is 0 Å². The summed E-state index contributed by atoms with van der Waals surface area (Å²) in [5.41, 5.74) is 2.74. The lowest BCUT2D eigenvalue weighted by atomic mass is 9.88. The Hall–Kier alpha value is -3.26. The molecule has 2 N–H and O–H groups in total. The molecule has 3 saturated heterocycles. The molecule has 34 heavy (non-hydrogen) atoms. The van der Waals surface area contributed by atoms with Gasteiger partial charge in [-0.2, -0.15) is 0 Å². The summed E-state index contributed by atoms with van der Waals surface area (Å²) in [5, 5.41) is 5.57. The first-order chi connectivity index (χ1) is 16.6. The number of carbonyl (C=O) groups is 2. The van der Waals surface area contributed by atoms with E-state index in [0.29, 0.717) is 18.7 Å². The molecule has 0 bridgehead atoms. The van der Waals surface area contributed by atoms with Crippen molar-refractivity contribution in [3.8, 4) is 0 Å². The lowest BCUT2D eigenvalue weighted by molar-refractivity contribution is -0.121. The van der Waals surface area contributed by atoms with Gasteiger partial charge in [0.1, 0.15) is 6.04 Å². The average molecular weight is 465 g/mol. The standard InChI is InChI=1S/C26H32N4O4/c31-24-23(28-25(32)27-20-4-2-17-33-19-10-20)5-1-14-30(24)22-8-6-21(7-9-22)29-15-12-26(13-16-29)11-3-18-34-26/h2,4,6-10,17,19,23H,1,3,5,11-16,18H2,(H2,27,28,32)/t23-/m1/s1. The van der Waals surface area contributed by atoms with Crippen molar-refractivity contribution in [2.24, 2.45) is 0 Å². The fourth-order valence-corrected chi connectivity index (χ4v) is 5.24. The van der Waals surface area contributed by atoms with Crippen LogP contribution in [-0.2, 0) is 14.3 Å². The van der Waals surface area contributed by atoms with E-state index in [2.05, 4.69) is 27.7 Å². The third-order valence-corrected chi connectivity index (χ3v) is 7.15. The molecule has 5 rings (SSSR count). The Morgan fingerprint density at radius 3 is 2.56 bits per heavy atom. The minimum absolute atomic E-state index is 0.0823. The van der Waals surface area contributed by atoms with E-state index in [9.17, 15) is 9.59 Å². The van der Waals surface area contributed by atoms with Crippen LogP contribution < -0.4 is 20.4 Å². The highest BCUT2D eigenvalue weighted by Gasteiger charge is 2.38. The molecule has 1 aromatic carbocycles. The molecule has 1 aromatic rings. The van der Waals surface area contributed by atoms with Crippen molar-refractivity contribution in [3.63, 3.8) is 0 Å². The second-order valence-corrected chi connectivity index (χ2v) is 9.31. The Balaban J connectivity index is 1.17. The van der Waals surface area contributed by atoms with Gasteiger partial charge in [0.05, 0.1) is 18.1 Å². The minimum atomic E-state index is -0.555. The van der Waals surface area contributed by atoms with Crippen LogP contribution in [0.2, 0.25) is 0 Å². The Labute approximate surface area is 200 Å². The van der Waals surface area contributed by atoms with Gasteiger partial charge in [0.25, 0.3) is 0 Å². The van der Waals surface area contributed by atoms with E-state index >= 15 is 0 Å².